The fourth-order valence-electron chi connectivity index (χ4n) is 1.52. The van der Waals surface area contributed by atoms with Crippen molar-refractivity contribution in [2.75, 3.05) is 0 Å². The number of carbonyl (C=O) groups is 1. The normalized spacial score (nSPS) is 10.1. The number of nitrogens with zero attached hydrogens (tertiary/aromatic N) is 1. The van der Waals surface area contributed by atoms with E-state index in [-0.39, 0.29) is 5.69 Å². The summed E-state index contributed by atoms with van der Waals surface area (Å²) in [6, 6.07) is 12.9. The Kier molecular flexibility index (Phi) is 2.54. The van der Waals surface area contributed by atoms with Gasteiger partial charge in [0.15, 0.2) is 0 Å². The molecule has 0 aliphatic carbocycles. The molecule has 2 rings (SSSR count). The van der Waals surface area contributed by atoms with Crippen LogP contribution >= 0.6 is 0 Å². The molecular weight excluding hydrogens is 190 g/mol. The number of aromatic carboxylic acids is 1. The molecule has 15 heavy (non-hydrogen) atoms. The summed E-state index contributed by atoms with van der Waals surface area (Å²) in [6.45, 7) is 0.553. The molecule has 0 aliphatic rings. The molecule has 0 fully saturated rings. The van der Waals surface area contributed by atoms with Gasteiger partial charge in [0.1, 0.15) is 0 Å². The predicted octanol–water partition coefficient (Wildman–Crippen LogP) is 0.900. The summed E-state index contributed by atoms with van der Waals surface area (Å²) < 4.78 is 1.66. The van der Waals surface area contributed by atoms with Gasteiger partial charge in [0.2, 0.25) is 0 Å². The lowest BCUT2D eigenvalue weighted by Crippen LogP contribution is -2.25. The Balaban J connectivity index is 2.25. The van der Waals surface area contributed by atoms with Crippen molar-refractivity contribution in [3.05, 3.63) is 59.9 Å². The molecule has 0 unspecified atom stereocenters. The third-order valence-electron chi connectivity index (χ3n) is 2.23. The molecular formula is C12H10NO2-. The van der Waals surface area contributed by atoms with Crippen molar-refractivity contribution < 1.29 is 9.90 Å². The van der Waals surface area contributed by atoms with E-state index < -0.39 is 5.97 Å². The predicted molar refractivity (Wildman–Crippen MR) is 54.3 cm³/mol. The quantitative estimate of drug-likeness (QED) is 0.739. The van der Waals surface area contributed by atoms with Crippen molar-refractivity contribution in [3.63, 3.8) is 0 Å². The lowest BCUT2D eigenvalue weighted by Gasteiger charge is -2.09. The highest BCUT2D eigenvalue weighted by molar-refractivity contribution is 5.83. The summed E-state index contributed by atoms with van der Waals surface area (Å²) in [5.41, 5.74) is 1.27. The monoisotopic (exact) mass is 200 g/mol. The molecule has 3 nitrogen and oxygen atoms in total. The van der Waals surface area contributed by atoms with Gasteiger partial charge in [0, 0.05) is 12.7 Å². The molecule has 0 aliphatic heterocycles. The number of rotatable bonds is 3. The van der Waals surface area contributed by atoms with Gasteiger partial charge in [-0.25, -0.2) is 0 Å². The third kappa shape index (κ3) is 2.07. The first-order chi connectivity index (χ1) is 7.27. The second kappa shape index (κ2) is 4.00. The molecule has 0 amide bonds. The average molecular weight is 200 g/mol. The molecule has 0 radical (unpaired) electrons. The largest absolute Gasteiger partial charge is 0.543 e. The van der Waals surface area contributed by atoms with Crippen LogP contribution in [-0.2, 0) is 6.54 Å². The van der Waals surface area contributed by atoms with Crippen molar-refractivity contribution in [1.82, 2.24) is 4.57 Å². The van der Waals surface area contributed by atoms with Crippen molar-refractivity contribution in [3.8, 4) is 0 Å². The summed E-state index contributed by atoms with van der Waals surface area (Å²) in [5, 5.41) is 10.7. The molecule has 0 N–H and O–H groups in total. The first-order valence-electron chi connectivity index (χ1n) is 4.68. The Morgan fingerprint density at radius 3 is 2.53 bits per heavy atom. The van der Waals surface area contributed by atoms with Crippen molar-refractivity contribution >= 4 is 5.97 Å². The van der Waals surface area contributed by atoms with E-state index in [4.69, 9.17) is 0 Å². The van der Waals surface area contributed by atoms with Gasteiger partial charge in [0.25, 0.3) is 0 Å². The van der Waals surface area contributed by atoms with E-state index in [0.717, 1.165) is 5.56 Å². The highest BCUT2D eigenvalue weighted by Crippen LogP contribution is 2.06. The molecule has 1 aromatic heterocycles. The fourth-order valence-corrected chi connectivity index (χ4v) is 1.52. The van der Waals surface area contributed by atoms with E-state index in [1.807, 2.05) is 30.3 Å². The maximum absolute atomic E-state index is 10.7. The van der Waals surface area contributed by atoms with Crippen LogP contribution in [0.2, 0.25) is 0 Å². The van der Waals surface area contributed by atoms with Gasteiger partial charge in [-0.1, -0.05) is 30.3 Å². The summed E-state index contributed by atoms with van der Waals surface area (Å²) >= 11 is 0. The van der Waals surface area contributed by atoms with E-state index in [0.29, 0.717) is 6.54 Å². The van der Waals surface area contributed by atoms with Crippen LogP contribution in [0.15, 0.2) is 48.7 Å². The summed E-state index contributed by atoms with van der Waals surface area (Å²) in [5.74, 6) is -1.14. The Hall–Kier alpha value is -2.03. The van der Waals surface area contributed by atoms with Crippen molar-refractivity contribution in [2.45, 2.75) is 6.54 Å². The van der Waals surface area contributed by atoms with Crippen LogP contribution in [-0.4, -0.2) is 10.5 Å². The number of hydrogen-bond donors (Lipinski definition) is 0. The van der Waals surface area contributed by atoms with Gasteiger partial charge >= 0.3 is 0 Å². The van der Waals surface area contributed by atoms with E-state index in [1.165, 1.54) is 6.07 Å². The zero-order chi connectivity index (χ0) is 10.7. The molecule has 0 spiro atoms. The molecule has 0 saturated heterocycles. The van der Waals surface area contributed by atoms with Crippen LogP contribution < -0.4 is 5.11 Å². The Bertz CT molecular complexity index is 459. The van der Waals surface area contributed by atoms with Crippen LogP contribution in [0.3, 0.4) is 0 Å². The van der Waals surface area contributed by atoms with Crippen LogP contribution in [0.5, 0.6) is 0 Å². The number of benzene rings is 1. The van der Waals surface area contributed by atoms with Crippen molar-refractivity contribution in [2.24, 2.45) is 0 Å². The molecule has 0 atom stereocenters. The Morgan fingerprint density at radius 1 is 1.13 bits per heavy atom. The molecule has 76 valence electrons. The minimum Gasteiger partial charge on any atom is -0.543 e. The first-order valence-corrected chi connectivity index (χ1v) is 4.68. The number of hydrogen-bond acceptors (Lipinski definition) is 2. The lowest BCUT2D eigenvalue weighted by molar-refractivity contribution is -0.255. The van der Waals surface area contributed by atoms with Gasteiger partial charge in [-0.15, -0.1) is 0 Å². The Labute approximate surface area is 87.6 Å². The molecule has 1 aromatic carbocycles. The second-order valence-corrected chi connectivity index (χ2v) is 3.29. The summed E-state index contributed by atoms with van der Waals surface area (Å²) in [4.78, 5) is 10.7. The van der Waals surface area contributed by atoms with Gasteiger partial charge in [-0.05, 0) is 17.7 Å². The minimum atomic E-state index is -1.14. The highest BCUT2D eigenvalue weighted by Gasteiger charge is 2.01. The second-order valence-electron chi connectivity index (χ2n) is 3.29. The smallest absolute Gasteiger partial charge is 0.0880 e. The standard InChI is InChI=1S/C12H11NO2/c14-12(15)11-7-4-8-13(11)9-10-5-2-1-3-6-10/h1-8H,9H2,(H,14,15)/p-1. The van der Waals surface area contributed by atoms with Crippen molar-refractivity contribution in [1.29, 1.82) is 0 Å². The zero-order valence-corrected chi connectivity index (χ0v) is 8.09. The molecule has 2 aromatic rings. The van der Waals surface area contributed by atoms with E-state index >= 15 is 0 Å². The fraction of sp³-hybridized carbons (Fsp3) is 0.0833. The number of carboxylic acids is 1. The minimum absolute atomic E-state index is 0.207. The summed E-state index contributed by atoms with van der Waals surface area (Å²) in [7, 11) is 0. The number of carbonyl (C=O) groups excluding carboxylic acids is 1. The summed E-state index contributed by atoms with van der Waals surface area (Å²) in [6.07, 6.45) is 1.73. The van der Waals surface area contributed by atoms with E-state index in [9.17, 15) is 9.90 Å². The molecule has 0 bridgehead atoms. The maximum atomic E-state index is 10.7. The number of aromatic nitrogens is 1. The van der Waals surface area contributed by atoms with Gasteiger partial charge < -0.3 is 14.5 Å². The van der Waals surface area contributed by atoms with Crippen LogP contribution in [0, 0.1) is 0 Å². The van der Waals surface area contributed by atoms with Gasteiger partial charge in [-0.2, -0.15) is 0 Å². The third-order valence-corrected chi connectivity index (χ3v) is 2.23. The molecule has 1 heterocycles. The lowest BCUT2D eigenvalue weighted by atomic mass is 10.2. The van der Waals surface area contributed by atoms with E-state index in [2.05, 4.69) is 0 Å². The Morgan fingerprint density at radius 2 is 1.87 bits per heavy atom. The highest BCUT2D eigenvalue weighted by atomic mass is 16.4. The van der Waals surface area contributed by atoms with E-state index in [1.54, 1.807) is 16.8 Å². The van der Waals surface area contributed by atoms with Crippen LogP contribution in [0.1, 0.15) is 16.1 Å². The van der Waals surface area contributed by atoms with Crippen LogP contribution in [0.25, 0.3) is 0 Å². The topological polar surface area (TPSA) is 45.1 Å². The number of carboxylic acid groups (broad SMARTS) is 1. The SMILES string of the molecule is O=C([O-])c1cccn1Cc1ccccc1. The van der Waals surface area contributed by atoms with Gasteiger partial charge in [0.05, 0.1) is 11.7 Å². The van der Waals surface area contributed by atoms with Crippen LogP contribution in [0.4, 0.5) is 0 Å². The average Bonchev–Trinajstić information content (AvgIpc) is 2.67. The maximum Gasteiger partial charge on any atom is 0.0880 e. The molecule has 0 saturated carbocycles. The zero-order valence-electron chi connectivity index (χ0n) is 8.09. The molecule has 3 heteroatoms. The van der Waals surface area contributed by atoms with Gasteiger partial charge in [-0.3, -0.25) is 0 Å². The first kappa shape index (κ1) is 9.52.